The third-order valence-corrected chi connectivity index (χ3v) is 5.18. The predicted molar refractivity (Wildman–Crippen MR) is 91.3 cm³/mol. The Morgan fingerprint density at radius 2 is 1.96 bits per heavy atom. The summed E-state index contributed by atoms with van der Waals surface area (Å²) in [6.07, 6.45) is 5.37. The van der Waals surface area contributed by atoms with Crippen molar-refractivity contribution >= 4 is 11.8 Å². The lowest BCUT2D eigenvalue weighted by Crippen LogP contribution is -2.53. The van der Waals surface area contributed by atoms with E-state index in [0.29, 0.717) is 6.54 Å². The van der Waals surface area contributed by atoms with E-state index in [2.05, 4.69) is 17.6 Å². The molecule has 1 saturated carbocycles. The number of amides is 2. The minimum atomic E-state index is -0.683. The van der Waals surface area contributed by atoms with E-state index in [1.807, 2.05) is 30.3 Å². The molecule has 130 valence electrons. The van der Waals surface area contributed by atoms with Gasteiger partial charge < -0.3 is 15.4 Å². The van der Waals surface area contributed by atoms with Gasteiger partial charge in [0.2, 0.25) is 5.91 Å². The molecule has 0 aromatic heterocycles. The van der Waals surface area contributed by atoms with Gasteiger partial charge in [0.15, 0.2) is 6.10 Å². The molecule has 1 aromatic rings. The van der Waals surface area contributed by atoms with Gasteiger partial charge in [-0.1, -0.05) is 56.5 Å². The number of nitrogens with one attached hydrogen (secondary N) is 2. The van der Waals surface area contributed by atoms with Gasteiger partial charge in [-0.15, -0.1) is 0 Å². The van der Waals surface area contributed by atoms with Gasteiger partial charge in [0, 0.05) is 6.54 Å². The van der Waals surface area contributed by atoms with Crippen LogP contribution >= 0.6 is 0 Å². The summed E-state index contributed by atoms with van der Waals surface area (Å²) in [6, 6.07) is 9.08. The minimum Gasteiger partial charge on any atom is -0.356 e. The largest absolute Gasteiger partial charge is 0.356 e. The van der Waals surface area contributed by atoms with Crippen LogP contribution in [-0.2, 0) is 14.3 Å². The molecule has 0 bridgehead atoms. The number of benzene rings is 1. The van der Waals surface area contributed by atoms with Gasteiger partial charge in [-0.2, -0.15) is 0 Å². The number of morpholine rings is 1. The molecule has 2 N–H and O–H groups in total. The van der Waals surface area contributed by atoms with E-state index >= 15 is 0 Å². The molecule has 1 aliphatic carbocycles. The maximum absolute atomic E-state index is 12.7. The molecule has 0 radical (unpaired) electrons. The quantitative estimate of drug-likeness (QED) is 0.890. The molecule has 1 aromatic carbocycles. The van der Waals surface area contributed by atoms with Crippen LogP contribution in [0.2, 0.25) is 0 Å². The highest BCUT2D eigenvalue weighted by Crippen LogP contribution is 2.35. The fourth-order valence-electron chi connectivity index (χ4n) is 3.68. The van der Waals surface area contributed by atoms with Crippen LogP contribution in [0.3, 0.4) is 0 Å². The lowest BCUT2D eigenvalue weighted by atomic mass is 9.75. The van der Waals surface area contributed by atoms with Crippen LogP contribution in [0.25, 0.3) is 0 Å². The monoisotopic (exact) mass is 330 g/mol. The third kappa shape index (κ3) is 3.96. The van der Waals surface area contributed by atoms with Crippen molar-refractivity contribution in [2.45, 2.75) is 51.2 Å². The molecular formula is C19H26N2O3. The van der Waals surface area contributed by atoms with E-state index in [-0.39, 0.29) is 23.8 Å². The molecule has 0 spiro atoms. The van der Waals surface area contributed by atoms with Gasteiger partial charge in [0.1, 0.15) is 6.61 Å². The summed E-state index contributed by atoms with van der Waals surface area (Å²) in [5, 5.41) is 5.95. The van der Waals surface area contributed by atoms with Crippen LogP contribution < -0.4 is 10.6 Å². The Morgan fingerprint density at radius 1 is 1.25 bits per heavy atom. The molecule has 1 saturated heterocycles. The van der Waals surface area contributed by atoms with Crippen molar-refractivity contribution in [1.82, 2.24) is 10.6 Å². The summed E-state index contributed by atoms with van der Waals surface area (Å²) in [4.78, 5) is 24.4. The normalized spacial score (nSPS) is 26.5. The van der Waals surface area contributed by atoms with Gasteiger partial charge >= 0.3 is 0 Å². The number of carbonyl (C=O) groups excluding carboxylic acids is 2. The first-order valence-electron chi connectivity index (χ1n) is 8.81. The number of hydrogen-bond acceptors (Lipinski definition) is 3. The lowest BCUT2D eigenvalue weighted by Gasteiger charge is -2.36. The zero-order valence-electron chi connectivity index (χ0n) is 14.2. The van der Waals surface area contributed by atoms with E-state index in [1.165, 1.54) is 19.3 Å². The number of hydrogen-bond donors (Lipinski definition) is 2. The van der Waals surface area contributed by atoms with E-state index in [4.69, 9.17) is 4.74 Å². The van der Waals surface area contributed by atoms with Crippen LogP contribution in [0.1, 0.15) is 50.6 Å². The molecule has 5 nitrogen and oxygen atoms in total. The number of carbonyl (C=O) groups is 2. The summed E-state index contributed by atoms with van der Waals surface area (Å²) in [7, 11) is 0. The smallest absolute Gasteiger partial charge is 0.251 e. The first-order valence-corrected chi connectivity index (χ1v) is 8.81. The van der Waals surface area contributed by atoms with E-state index in [0.717, 1.165) is 18.4 Å². The van der Waals surface area contributed by atoms with Gasteiger partial charge in [-0.3, -0.25) is 9.59 Å². The fourth-order valence-corrected chi connectivity index (χ4v) is 3.68. The maximum Gasteiger partial charge on any atom is 0.251 e. The lowest BCUT2D eigenvalue weighted by molar-refractivity contribution is -0.148. The average molecular weight is 330 g/mol. The number of rotatable bonds is 4. The molecule has 1 aliphatic heterocycles. The highest BCUT2D eigenvalue weighted by molar-refractivity contribution is 5.86. The number of ether oxygens (including phenoxy) is 1. The second kappa shape index (κ2) is 7.34. The van der Waals surface area contributed by atoms with Crippen LogP contribution in [0, 0.1) is 5.41 Å². The highest BCUT2D eigenvalue weighted by Gasteiger charge is 2.37. The SMILES string of the molecule is CC1(CNC(=O)[C@H]2OCC(=O)N[C@@H]2c2ccccc2)CCCCC1. The van der Waals surface area contributed by atoms with Gasteiger partial charge in [0.05, 0.1) is 6.04 Å². The van der Waals surface area contributed by atoms with Crippen molar-refractivity contribution in [1.29, 1.82) is 0 Å². The van der Waals surface area contributed by atoms with Crippen LogP contribution in [0.5, 0.6) is 0 Å². The van der Waals surface area contributed by atoms with Gasteiger partial charge in [0.25, 0.3) is 5.91 Å². The van der Waals surface area contributed by atoms with E-state index in [1.54, 1.807) is 0 Å². The summed E-state index contributed by atoms with van der Waals surface area (Å²) in [5.41, 5.74) is 1.06. The molecule has 5 heteroatoms. The van der Waals surface area contributed by atoms with Crippen LogP contribution in [-0.4, -0.2) is 31.1 Å². The molecule has 3 rings (SSSR count). The Labute approximate surface area is 143 Å². The summed E-state index contributed by atoms with van der Waals surface area (Å²) in [5.74, 6) is -0.331. The summed E-state index contributed by atoms with van der Waals surface area (Å²) < 4.78 is 5.57. The molecule has 0 unspecified atom stereocenters. The molecule has 1 heterocycles. The Bertz CT molecular complexity index is 582. The van der Waals surface area contributed by atoms with Crippen molar-refractivity contribution in [2.24, 2.45) is 5.41 Å². The zero-order valence-corrected chi connectivity index (χ0v) is 14.2. The zero-order chi connectivity index (χ0) is 17.0. The second-order valence-electron chi connectivity index (χ2n) is 7.28. The highest BCUT2D eigenvalue weighted by atomic mass is 16.5. The van der Waals surface area contributed by atoms with Gasteiger partial charge in [-0.05, 0) is 23.8 Å². The first kappa shape index (κ1) is 17.0. The Balaban J connectivity index is 1.66. The molecule has 24 heavy (non-hydrogen) atoms. The Morgan fingerprint density at radius 3 is 2.67 bits per heavy atom. The minimum absolute atomic E-state index is 0.0707. The van der Waals surface area contributed by atoms with Crippen molar-refractivity contribution < 1.29 is 14.3 Å². The van der Waals surface area contributed by atoms with Crippen molar-refractivity contribution in [3.05, 3.63) is 35.9 Å². The standard InChI is InChI=1S/C19H26N2O3/c1-19(10-6-3-7-11-19)13-20-18(23)17-16(21-15(22)12-24-17)14-8-4-2-5-9-14/h2,4-5,8-9,16-17H,3,6-7,10-13H2,1H3,(H,20,23)(H,21,22)/t16-,17+/m1/s1. The molecule has 2 atom stereocenters. The topological polar surface area (TPSA) is 67.4 Å². The summed E-state index contributed by atoms with van der Waals surface area (Å²) >= 11 is 0. The third-order valence-electron chi connectivity index (χ3n) is 5.18. The first-order chi connectivity index (χ1) is 11.6. The predicted octanol–water partition coefficient (Wildman–Crippen LogP) is 2.33. The van der Waals surface area contributed by atoms with Crippen molar-refractivity contribution in [3.8, 4) is 0 Å². The van der Waals surface area contributed by atoms with Gasteiger partial charge in [-0.25, -0.2) is 0 Å². The Hall–Kier alpha value is -1.88. The second-order valence-corrected chi connectivity index (χ2v) is 7.28. The molecule has 2 fully saturated rings. The van der Waals surface area contributed by atoms with Crippen molar-refractivity contribution in [3.63, 3.8) is 0 Å². The average Bonchev–Trinajstić information content (AvgIpc) is 2.61. The molecular weight excluding hydrogens is 304 g/mol. The van der Waals surface area contributed by atoms with Crippen molar-refractivity contribution in [2.75, 3.05) is 13.2 Å². The van der Waals surface area contributed by atoms with Crippen LogP contribution in [0.4, 0.5) is 0 Å². The molecule has 2 amide bonds. The van der Waals surface area contributed by atoms with Crippen LogP contribution in [0.15, 0.2) is 30.3 Å². The summed E-state index contributed by atoms with van der Waals surface area (Å²) in [6.45, 7) is 2.84. The Kier molecular flexibility index (Phi) is 5.19. The van der Waals surface area contributed by atoms with E-state index < -0.39 is 12.1 Å². The molecule has 2 aliphatic rings. The van der Waals surface area contributed by atoms with E-state index in [9.17, 15) is 9.59 Å². The fraction of sp³-hybridized carbons (Fsp3) is 0.579. The maximum atomic E-state index is 12.7.